The van der Waals surface area contributed by atoms with Gasteiger partial charge in [0.2, 0.25) is 5.78 Å². The lowest BCUT2D eigenvalue weighted by Gasteiger charge is -2.50. The molecule has 12 nitrogen and oxygen atoms in total. The van der Waals surface area contributed by atoms with E-state index in [4.69, 9.17) is 10.5 Å². The van der Waals surface area contributed by atoms with Gasteiger partial charge in [-0.25, -0.2) is 0 Å². The average molecular weight is 635 g/mol. The Morgan fingerprint density at radius 3 is 2.35 bits per heavy atom. The van der Waals surface area contributed by atoms with Crippen LogP contribution in [0.15, 0.2) is 53.0 Å². The van der Waals surface area contributed by atoms with Gasteiger partial charge < -0.3 is 41.1 Å². The smallest absolute Gasteiger partial charge is 0.255 e. The summed E-state index contributed by atoms with van der Waals surface area (Å²) >= 11 is 0. The first-order valence-electron chi connectivity index (χ1n) is 15.1. The second-order valence-corrected chi connectivity index (χ2v) is 13.7. The molecule has 2 aromatic carbocycles. The SMILES string of the molecule is CN(C)c1cc(NCc2ccccc2OC(C)(C)C)c(O)c2c1C[C@H]1C[C@H]3[C@H](N(C)C)C(O)=C(C(N)=O)C(=O)[C@@]3(O)C(O)=C1C2=O. The minimum absolute atomic E-state index is 0.0178. The Hall–Kier alpha value is -4.55. The molecule has 246 valence electrons. The highest BCUT2D eigenvalue weighted by atomic mass is 16.5. The van der Waals surface area contributed by atoms with Crippen LogP contribution in [-0.2, 0) is 22.6 Å². The van der Waals surface area contributed by atoms with Crippen LogP contribution in [0.3, 0.4) is 0 Å². The van der Waals surface area contributed by atoms with Crippen molar-refractivity contribution in [3.63, 3.8) is 0 Å². The van der Waals surface area contributed by atoms with Crippen molar-refractivity contribution in [3.8, 4) is 11.5 Å². The molecule has 7 N–H and O–H groups in total. The van der Waals surface area contributed by atoms with E-state index in [-0.39, 0.29) is 42.0 Å². The number of hydrogen-bond donors (Lipinski definition) is 6. The van der Waals surface area contributed by atoms with Gasteiger partial charge in [-0.1, -0.05) is 18.2 Å². The maximum absolute atomic E-state index is 14.3. The number of amides is 1. The normalized spacial score (nSPS) is 24.4. The third kappa shape index (κ3) is 5.15. The number of aliphatic hydroxyl groups excluding tert-OH is 2. The van der Waals surface area contributed by atoms with Gasteiger partial charge in [0, 0.05) is 43.4 Å². The molecule has 0 aliphatic heterocycles. The van der Waals surface area contributed by atoms with Crippen LogP contribution < -0.4 is 20.7 Å². The first kappa shape index (κ1) is 32.8. The lowest BCUT2D eigenvalue weighted by molar-refractivity contribution is -0.148. The quantitative estimate of drug-likeness (QED) is 0.194. The van der Waals surface area contributed by atoms with Crippen LogP contribution in [0.5, 0.6) is 11.5 Å². The van der Waals surface area contributed by atoms with Crippen LogP contribution in [0, 0.1) is 11.8 Å². The number of nitrogens with one attached hydrogen (secondary N) is 1. The van der Waals surface area contributed by atoms with Crippen molar-refractivity contribution in [1.82, 2.24) is 4.90 Å². The van der Waals surface area contributed by atoms with Crippen molar-refractivity contribution in [1.29, 1.82) is 0 Å². The van der Waals surface area contributed by atoms with E-state index in [9.17, 15) is 34.8 Å². The fourth-order valence-corrected chi connectivity index (χ4v) is 7.10. The lowest BCUT2D eigenvalue weighted by Crippen LogP contribution is -2.63. The number of nitrogens with two attached hydrogens (primary N) is 1. The number of ether oxygens (including phenoxy) is 1. The van der Waals surface area contributed by atoms with Gasteiger partial charge in [-0.3, -0.25) is 19.3 Å². The summed E-state index contributed by atoms with van der Waals surface area (Å²) in [5.41, 5.74) is 3.46. The summed E-state index contributed by atoms with van der Waals surface area (Å²) in [7, 11) is 6.81. The van der Waals surface area contributed by atoms with Crippen molar-refractivity contribution < 1.29 is 39.5 Å². The fourth-order valence-electron chi connectivity index (χ4n) is 7.10. The number of carbonyl (C=O) groups excluding carboxylic acids is 3. The van der Waals surface area contributed by atoms with Crippen molar-refractivity contribution in [2.24, 2.45) is 17.6 Å². The summed E-state index contributed by atoms with van der Waals surface area (Å²) in [5.74, 6) is -6.22. The Bertz CT molecular complexity index is 1700. The molecule has 0 bridgehead atoms. The molecule has 0 fully saturated rings. The molecule has 12 heteroatoms. The van der Waals surface area contributed by atoms with Gasteiger partial charge in [0.25, 0.3) is 5.91 Å². The average Bonchev–Trinajstić information content (AvgIpc) is 2.94. The van der Waals surface area contributed by atoms with Gasteiger partial charge in [0.05, 0.1) is 17.3 Å². The summed E-state index contributed by atoms with van der Waals surface area (Å²) in [4.78, 5) is 43.4. The highest BCUT2D eigenvalue weighted by Crippen LogP contribution is 2.54. The molecule has 0 unspecified atom stereocenters. The minimum Gasteiger partial charge on any atom is -0.510 e. The molecule has 3 aliphatic rings. The van der Waals surface area contributed by atoms with E-state index in [0.717, 1.165) is 5.56 Å². The number of rotatable bonds is 7. The van der Waals surface area contributed by atoms with Crippen molar-refractivity contribution in [2.45, 2.75) is 57.4 Å². The summed E-state index contributed by atoms with van der Waals surface area (Å²) < 4.78 is 6.10. The Labute approximate surface area is 267 Å². The summed E-state index contributed by atoms with van der Waals surface area (Å²) in [6, 6.07) is 8.18. The molecule has 3 aliphatic carbocycles. The number of carbonyl (C=O) groups is 3. The predicted octanol–water partition coefficient (Wildman–Crippen LogP) is 2.98. The number of benzene rings is 2. The number of ketones is 2. The molecule has 5 rings (SSSR count). The van der Waals surface area contributed by atoms with Crippen molar-refractivity contribution in [3.05, 3.63) is 69.7 Å². The highest BCUT2D eigenvalue weighted by molar-refractivity contribution is 6.25. The van der Waals surface area contributed by atoms with E-state index < -0.39 is 63.6 Å². The van der Waals surface area contributed by atoms with Gasteiger partial charge in [-0.2, -0.15) is 0 Å². The number of Topliss-reactive ketones (excluding diaryl/α,β-unsaturated/α-hetero) is 2. The number of fused-ring (bicyclic) bond motifs is 3. The van der Waals surface area contributed by atoms with E-state index in [2.05, 4.69) is 5.32 Å². The van der Waals surface area contributed by atoms with Crippen LogP contribution in [-0.4, -0.2) is 88.2 Å². The summed E-state index contributed by atoms with van der Waals surface area (Å²) in [5, 5.41) is 49.2. The van der Waals surface area contributed by atoms with Crippen LogP contribution in [0.2, 0.25) is 0 Å². The maximum atomic E-state index is 14.3. The number of likely N-dealkylation sites (N-methyl/N-ethyl adjacent to an activating group) is 1. The Balaban J connectivity index is 1.61. The zero-order valence-corrected chi connectivity index (χ0v) is 27.1. The zero-order valence-electron chi connectivity index (χ0n) is 27.1. The third-order valence-electron chi connectivity index (χ3n) is 9.04. The van der Waals surface area contributed by atoms with E-state index in [1.807, 2.05) is 64.0 Å². The second kappa shape index (κ2) is 11.4. The number of aromatic hydroxyl groups is 1. The highest BCUT2D eigenvalue weighted by Gasteiger charge is 2.63. The van der Waals surface area contributed by atoms with Gasteiger partial charge >= 0.3 is 0 Å². The third-order valence-corrected chi connectivity index (χ3v) is 9.04. The summed E-state index contributed by atoms with van der Waals surface area (Å²) in [6.07, 6.45) is 0.210. The number of nitrogens with zero attached hydrogens (tertiary/aromatic N) is 2. The Kier molecular flexibility index (Phi) is 8.11. The molecular weight excluding hydrogens is 592 g/mol. The largest absolute Gasteiger partial charge is 0.510 e. The van der Waals surface area contributed by atoms with E-state index in [1.54, 1.807) is 20.2 Å². The van der Waals surface area contributed by atoms with Gasteiger partial charge in [0.1, 0.15) is 34.2 Å². The van der Waals surface area contributed by atoms with E-state index >= 15 is 0 Å². The van der Waals surface area contributed by atoms with Crippen LogP contribution >= 0.6 is 0 Å². The van der Waals surface area contributed by atoms with Gasteiger partial charge in [-0.05, 0) is 71.3 Å². The summed E-state index contributed by atoms with van der Waals surface area (Å²) in [6.45, 7) is 6.08. The molecule has 2 aromatic rings. The van der Waals surface area contributed by atoms with Crippen LogP contribution in [0.25, 0.3) is 0 Å². The topological polar surface area (TPSA) is 186 Å². The van der Waals surface area contributed by atoms with E-state index in [0.29, 0.717) is 17.0 Å². The number of phenolic OH excluding ortho intramolecular Hbond substituents is 1. The molecule has 0 heterocycles. The zero-order chi connectivity index (χ0) is 34.0. The van der Waals surface area contributed by atoms with Gasteiger partial charge in [-0.15, -0.1) is 0 Å². The number of primary amides is 1. The molecule has 1 amide bonds. The number of anilines is 2. The lowest BCUT2D eigenvalue weighted by atomic mass is 9.58. The fraction of sp³-hybridized carbons (Fsp3) is 0.441. The monoisotopic (exact) mass is 634 g/mol. The standard InChI is InChI=1S/C34H42N4O8/c1-33(2,3)46-22-11-9-8-10-16(22)15-36-20-14-21(37(4)5)18-12-17-13-19-26(38(6)7)29(41)25(32(35)44)31(43)34(19,45)30(42)23(17)28(40)24(18)27(20)39/h8-11,14,17,19,26,36,39,41-42,45H,12-13,15H2,1-7H3,(H2,35,44)/t17-,19-,26-,34-/m0/s1. The molecule has 0 saturated heterocycles. The van der Waals surface area contributed by atoms with Crippen LogP contribution in [0.4, 0.5) is 11.4 Å². The molecule has 0 aromatic heterocycles. The number of para-hydroxylation sites is 1. The van der Waals surface area contributed by atoms with Crippen molar-refractivity contribution >= 4 is 28.8 Å². The number of hydrogen-bond acceptors (Lipinski definition) is 11. The predicted molar refractivity (Wildman–Crippen MR) is 172 cm³/mol. The number of allylic oxidation sites excluding steroid dienone is 1. The van der Waals surface area contributed by atoms with Crippen molar-refractivity contribution in [2.75, 3.05) is 38.4 Å². The number of phenols is 1. The Morgan fingerprint density at radius 1 is 1.11 bits per heavy atom. The Morgan fingerprint density at radius 2 is 1.76 bits per heavy atom. The first-order valence-corrected chi connectivity index (χ1v) is 15.1. The molecule has 0 spiro atoms. The van der Waals surface area contributed by atoms with E-state index in [1.165, 1.54) is 4.90 Å². The molecular formula is C34H42N4O8. The first-order chi connectivity index (χ1) is 21.4. The van der Waals surface area contributed by atoms with Crippen LogP contribution in [0.1, 0.15) is 48.7 Å². The second-order valence-electron chi connectivity index (χ2n) is 13.7. The van der Waals surface area contributed by atoms with Gasteiger partial charge in [0.15, 0.2) is 11.4 Å². The molecule has 0 radical (unpaired) electrons. The molecule has 4 atom stereocenters. The molecule has 0 saturated carbocycles. The molecule has 46 heavy (non-hydrogen) atoms. The maximum Gasteiger partial charge on any atom is 0.255 e. The minimum atomic E-state index is -2.70. The number of aliphatic hydroxyl groups is 3.